The number of carbonyl (C=O) groups excluding carboxylic acids is 1. The van der Waals surface area contributed by atoms with Gasteiger partial charge in [0.1, 0.15) is 11.4 Å². The highest BCUT2D eigenvalue weighted by Gasteiger charge is 2.22. The van der Waals surface area contributed by atoms with Gasteiger partial charge in [0, 0.05) is 50.4 Å². The summed E-state index contributed by atoms with van der Waals surface area (Å²) in [5.41, 5.74) is -2.37. The van der Waals surface area contributed by atoms with Crippen LogP contribution in [0.5, 0.6) is 0 Å². The number of hydrogen-bond acceptors (Lipinski definition) is 7. The van der Waals surface area contributed by atoms with Crippen LogP contribution in [0, 0.1) is 23.6 Å². The summed E-state index contributed by atoms with van der Waals surface area (Å²) in [7, 11) is -4.16. The lowest BCUT2D eigenvalue weighted by atomic mass is 10.1. The van der Waals surface area contributed by atoms with Crippen LogP contribution in [0.15, 0.2) is 17.1 Å². The number of pyridine rings is 1. The van der Waals surface area contributed by atoms with Crippen LogP contribution in [-0.4, -0.2) is 56.7 Å². The van der Waals surface area contributed by atoms with Crippen LogP contribution in [0.1, 0.15) is 15.9 Å². The first-order valence-electron chi connectivity index (χ1n) is 8.57. The van der Waals surface area contributed by atoms with E-state index in [1.807, 2.05) is 4.90 Å². The summed E-state index contributed by atoms with van der Waals surface area (Å²) < 4.78 is 55.5. The van der Waals surface area contributed by atoms with Gasteiger partial charge in [0.15, 0.2) is 5.82 Å². The molecule has 1 aliphatic rings. The maximum atomic E-state index is 14.8. The van der Waals surface area contributed by atoms with E-state index < -0.39 is 44.1 Å². The largest absolute Gasteiger partial charge is 0.359 e. The number of carbonyl (C=O) groups is 1. The van der Waals surface area contributed by atoms with Crippen LogP contribution in [0.3, 0.4) is 0 Å². The summed E-state index contributed by atoms with van der Waals surface area (Å²) >= 11 is 0. The number of rotatable bonds is 3. The molecular formula is C18H17F2N3O5S. The van der Waals surface area contributed by atoms with E-state index in [4.69, 9.17) is 0 Å². The molecule has 3 rings (SSSR count). The van der Waals surface area contributed by atoms with Crippen LogP contribution >= 0.6 is 0 Å². The Bertz CT molecular complexity index is 1190. The quantitative estimate of drug-likeness (QED) is 0.539. The molecule has 8 nitrogen and oxygen atoms in total. The number of nitrogens with one attached hydrogen (secondary N) is 2. The first-order chi connectivity index (χ1) is 13.7. The van der Waals surface area contributed by atoms with Crippen LogP contribution in [0.2, 0.25) is 0 Å². The molecule has 0 atom stereocenters. The maximum Gasteiger partial charge on any atom is 0.359 e. The van der Waals surface area contributed by atoms with Crippen molar-refractivity contribution >= 4 is 27.0 Å². The number of fused-ring (bicyclic) bond motifs is 1. The van der Waals surface area contributed by atoms with Crippen LogP contribution < -0.4 is 10.7 Å². The lowest BCUT2D eigenvalue weighted by Gasteiger charge is -2.23. The second kappa shape index (κ2) is 8.18. The fraction of sp³-hybridized carbons (Fsp3) is 0.333. The summed E-state index contributed by atoms with van der Waals surface area (Å²) in [5, 5.41) is 2.72. The first kappa shape index (κ1) is 20.8. The Morgan fingerprint density at radius 1 is 1.31 bits per heavy atom. The molecule has 0 radical (unpaired) electrons. The zero-order valence-corrected chi connectivity index (χ0v) is 16.2. The Labute approximate surface area is 165 Å². The van der Waals surface area contributed by atoms with Crippen molar-refractivity contribution in [3.63, 3.8) is 0 Å². The third kappa shape index (κ3) is 4.72. The number of piperazine rings is 1. The molecule has 11 heteroatoms. The van der Waals surface area contributed by atoms with Crippen molar-refractivity contribution in [1.82, 2.24) is 15.2 Å². The molecule has 0 spiro atoms. The molecule has 1 aromatic carbocycles. The summed E-state index contributed by atoms with van der Waals surface area (Å²) in [6.07, 6.45) is 1.25. The number of benzene rings is 1. The van der Waals surface area contributed by atoms with Crippen LogP contribution in [-0.2, 0) is 20.7 Å². The minimum atomic E-state index is -4.16. The SMILES string of the molecule is CS(=O)(=O)OC(=O)c1c[nH]c2c(F)c(CC#CN3CCNCC3)c(F)cc2c1=O. The van der Waals surface area contributed by atoms with Gasteiger partial charge in [-0.05, 0) is 6.07 Å². The van der Waals surface area contributed by atoms with E-state index in [1.165, 1.54) is 0 Å². The summed E-state index contributed by atoms with van der Waals surface area (Å²) in [6.45, 7) is 2.96. The lowest BCUT2D eigenvalue weighted by Crippen LogP contribution is -2.40. The van der Waals surface area contributed by atoms with Gasteiger partial charge in [0.25, 0.3) is 0 Å². The molecule has 0 amide bonds. The normalized spacial score (nSPS) is 14.4. The van der Waals surface area contributed by atoms with Crippen molar-refractivity contribution in [2.45, 2.75) is 6.42 Å². The molecule has 2 N–H and O–H groups in total. The van der Waals surface area contributed by atoms with Crippen molar-refractivity contribution < 1.29 is 26.2 Å². The van der Waals surface area contributed by atoms with Crippen LogP contribution in [0.4, 0.5) is 8.78 Å². The fourth-order valence-corrected chi connectivity index (χ4v) is 3.21. The molecule has 0 unspecified atom stereocenters. The second-order valence-corrected chi connectivity index (χ2v) is 7.96. The van der Waals surface area contributed by atoms with Crippen molar-refractivity contribution in [1.29, 1.82) is 0 Å². The minimum Gasteiger partial charge on any atom is -0.358 e. The van der Waals surface area contributed by atoms with E-state index in [1.54, 1.807) is 0 Å². The van der Waals surface area contributed by atoms with Crippen molar-refractivity contribution in [2.75, 3.05) is 32.4 Å². The molecule has 1 fully saturated rings. The van der Waals surface area contributed by atoms with E-state index in [-0.39, 0.29) is 17.5 Å². The predicted molar refractivity (Wildman–Crippen MR) is 101 cm³/mol. The molecule has 0 aliphatic carbocycles. The molecule has 1 aromatic heterocycles. The van der Waals surface area contributed by atoms with Gasteiger partial charge in [-0.1, -0.05) is 5.92 Å². The minimum absolute atomic E-state index is 0.211. The predicted octanol–water partition coefficient (Wildman–Crippen LogP) is 0.331. The number of aromatic amines is 1. The zero-order valence-electron chi connectivity index (χ0n) is 15.3. The van der Waals surface area contributed by atoms with Gasteiger partial charge in [-0.3, -0.25) is 4.79 Å². The summed E-state index contributed by atoms with van der Waals surface area (Å²) in [6, 6.07) is 3.64. The monoisotopic (exact) mass is 425 g/mol. The molecule has 1 aliphatic heterocycles. The molecule has 2 aromatic rings. The van der Waals surface area contributed by atoms with E-state index in [9.17, 15) is 26.8 Å². The summed E-state index contributed by atoms with van der Waals surface area (Å²) in [5.74, 6) is -0.721. The molecule has 29 heavy (non-hydrogen) atoms. The van der Waals surface area contributed by atoms with Crippen molar-refractivity contribution in [3.05, 3.63) is 45.2 Å². The van der Waals surface area contributed by atoms with Gasteiger partial charge in [-0.15, -0.1) is 0 Å². The summed E-state index contributed by atoms with van der Waals surface area (Å²) in [4.78, 5) is 28.5. The maximum absolute atomic E-state index is 14.8. The molecule has 2 heterocycles. The molecular weight excluding hydrogens is 408 g/mol. The van der Waals surface area contributed by atoms with E-state index in [0.29, 0.717) is 19.3 Å². The Kier molecular flexibility index (Phi) is 5.86. The van der Waals surface area contributed by atoms with Crippen molar-refractivity contribution in [2.24, 2.45) is 0 Å². The number of halogens is 2. The standard InChI is InChI=1S/C18H17F2N3O5S/c1-29(26,27)28-18(25)13-10-22-16-12(17(13)24)9-14(19)11(15(16)20)3-2-6-23-7-4-21-5-8-23/h9-10,21H,3-5,7-8H2,1H3,(H,22,24). The van der Waals surface area contributed by atoms with Gasteiger partial charge in [-0.25, -0.2) is 13.6 Å². The fourth-order valence-electron chi connectivity index (χ4n) is 2.85. The van der Waals surface area contributed by atoms with Crippen molar-refractivity contribution in [3.8, 4) is 12.0 Å². The van der Waals surface area contributed by atoms with E-state index in [2.05, 4.69) is 26.4 Å². The number of aromatic nitrogens is 1. The van der Waals surface area contributed by atoms with Gasteiger partial charge >= 0.3 is 16.1 Å². The molecule has 154 valence electrons. The Morgan fingerprint density at radius 2 is 2.00 bits per heavy atom. The number of H-pyrrole nitrogens is 1. The second-order valence-electron chi connectivity index (χ2n) is 6.38. The third-order valence-corrected chi connectivity index (χ3v) is 4.68. The Hall–Kier alpha value is -2.97. The lowest BCUT2D eigenvalue weighted by molar-refractivity contribution is 0.0747. The Morgan fingerprint density at radius 3 is 2.66 bits per heavy atom. The average Bonchev–Trinajstić information content (AvgIpc) is 2.64. The van der Waals surface area contributed by atoms with Crippen LogP contribution in [0.25, 0.3) is 10.9 Å². The van der Waals surface area contributed by atoms with Gasteiger partial charge in [0.2, 0.25) is 5.43 Å². The van der Waals surface area contributed by atoms with E-state index in [0.717, 1.165) is 25.4 Å². The Balaban J connectivity index is 1.95. The molecule has 0 saturated carbocycles. The number of hydrogen-bond donors (Lipinski definition) is 2. The highest BCUT2D eigenvalue weighted by atomic mass is 32.2. The van der Waals surface area contributed by atoms with Gasteiger partial charge in [-0.2, -0.15) is 8.42 Å². The average molecular weight is 425 g/mol. The number of nitrogens with zero attached hydrogens (tertiary/aromatic N) is 1. The smallest absolute Gasteiger partial charge is 0.358 e. The highest BCUT2D eigenvalue weighted by molar-refractivity contribution is 7.86. The van der Waals surface area contributed by atoms with Gasteiger partial charge in [0.05, 0.1) is 17.2 Å². The van der Waals surface area contributed by atoms with E-state index >= 15 is 0 Å². The third-order valence-electron chi connectivity index (χ3n) is 4.23. The topological polar surface area (TPSA) is 109 Å². The highest BCUT2D eigenvalue weighted by Crippen LogP contribution is 2.21. The molecule has 0 bridgehead atoms. The first-order valence-corrected chi connectivity index (χ1v) is 10.4. The zero-order chi connectivity index (χ0) is 21.2. The molecule has 1 saturated heterocycles. The van der Waals surface area contributed by atoms with Gasteiger partial charge < -0.3 is 19.4 Å².